The highest BCUT2D eigenvalue weighted by Crippen LogP contribution is 2.33. The molecule has 0 aromatic heterocycles. The molecule has 0 aliphatic heterocycles. The topological polar surface area (TPSA) is 46.5 Å². The number of halogens is 4. The lowest BCUT2D eigenvalue weighted by Gasteiger charge is -2.10. The molecule has 0 amide bonds. The number of hydrogen-bond donors (Lipinski definition) is 1. The Hall–Kier alpha value is -0.690. The maximum Gasteiger partial charge on any atom is 0.387 e. The van der Waals surface area contributed by atoms with Crippen LogP contribution in [0.2, 0.25) is 0 Å². The van der Waals surface area contributed by atoms with Crippen LogP contribution >= 0.6 is 31.9 Å². The highest BCUT2D eigenvalue weighted by molar-refractivity contribution is 9.11. The molecule has 0 heterocycles. The number of ether oxygens (including phenoxy) is 1. The molecule has 0 atom stereocenters. The normalized spacial score (nSPS) is 10.6. The molecule has 1 rings (SSSR count). The Balaban J connectivity index is 3.10. The average molecular weight is 360 g/mol. The summed E-state index contributed by atoms with van der Waals surface area (Å²) in [5.41, 5.74) is 0.359. The van der Waals surface area contributed by atoms with E-state index in [1.807, 2.05) is 0 Å². The van der Waals surface area contributed by atoms with E-state index in [1.54, 1.807) is 0 Å². The molecule has 0 unspecified atom stereocenters. The van der Waals surface area contributed by atoms with Crippen LogP contribution < -0.4 is 4.74 Å². The van der Waals surface area contributed by atoms with Crippen LogP contribution in [0.5, 0.6) is 5.75 Å². The fraction of sp³-hybridized carbons (Fsp3) is 0.222. The number of rotatable bonds is 4. The van der Waals surface area contributed by atoms with Gasteiger partial charge < -0.3 is 9.84 Å². The maximum absolute atomic E-state index is 12.1. The van der Waals surface area contributed by atoms with Crippen LogP contribution in [0, 0.1) is 0 Å². The number of benzene rings is 1. The number of alkyl halides is 2. The summed E-state index contributed by atoms with van der Waals surface area (Å²) in [6, 6.07) is 2.86. The molecular weight excluding hydrogens is 354 g/mol. The van der Waals surface area contributed by atoms with Crippen molar-refractivity contribution in [2.75, 3.05) is 0 Å². The first-order valence-corrected chi connectivity index (χ1v) is 5.63. The molecule has 0 aliphatic rings. The predicted molar refractivity (Wildman–Crippen MR) is 59.8 cm³/mol. The molecule has 0 bridgehead atoms. The minimum Gasteiger partial charge on any atom is -0.481 e. The summed E-state index contributed by atoms with van der Waals surface area (Å²) in [5, 5.41) is 8.63. The largest absolute Gasteiger partial charge is 0.481 e. The van der Waals surface area contributed by atoms with Crippen LogP contribution in [-0.2, 0) is 11.2 Å². The minimum atomic E-state index is -2.96. The van der Waals surface area contributed by atoms with Crippen LogP contribution in [0.1, 0.15) is 5.56 Å². The number of aliphatic carboxylic acids is 1. The SMILES string of the molecule is O=C(O)Cc1cc(Br)cc(OC(F)F)c1Br. The molecule has 1 aromatic rings. The van der Waals surface area contributed by atoms with Crippen molar-refractivity contribution in [2.24, 2.45) is 0 Å². The summed E-state index contributed by atoms with van der Waals surface area (Å²) < 4.78 is 29.0. The molecule has 1 aromatic carbocycles. The average Bonchev–Trinajstić information content (AvgIpc) is 2.11. The summed E-state index contributed by atoms with van der Waals surface area (Å²) in [7, 11) is 0. The molecule has 3 nitrogen and oxygen atoms in total. The van der Waals surface area contributed by atoms with Crippen LogP contribution in [0.4, 0.5) is 8.78 Å². The smallest absolute Gasteiger partial charge is 0.387 e. The molecule has 0 saturated heterocycles. The quantitative estimate of drug-likeness (QED) is 0.895. The molecule has 1 N–H and O–H groups in total. The number of carbonyl (C=O) groups is 1. The summed E-state index contributed by atoms with van der Waals surface area (Å²) >= 11 is 6.12. The zero-order chi connectivity index (χ0) is 12.3. The minimum absolute atomic E-state index is 0.0966. The maximum atomic E-state index is 12.1. The molecule has 7 heteroatoms. The zero-order valence-electron chi connectivity index (χ0n) is 7.71. The number of hydrogen-bond acceptors (Lipinski definition) is 2. The monoisotopic (exact) mass is 358 g/mol. The van der Waals surface area contributed by atoms with Gasteiger partial charge >= 0.3 is 12.6 Å². The Morgan fingerprint density at radius 2 is 2.06 bits per heavy atom. The van der Waals surface area contributed by atoms with Gasteiger partial charge in [-0.25, -0.2) is 0 Å². The van der Waals surface area contributed by atoms with Crippen LogP contribution in [0.25, 0.3) is 0 Å². The van der Waals surface area contributed by atoms with E-state index in [4.69, 9.17) is 5.11 Å². The third-order valence-corrected chi connectivity index (χ3v) is 3.00. The van der Waals surface area contributed by atoms with E-state index < -0.39 is 12.6 Å². The van der Waals surface area contributed by atoms with E-state index >= 15 is 0 Å². The van der Waals surface area contributed by atoms with Crippen molar-refractivity contribution in [3.05, 3.63) is 26.6 Å². The first-order chi connectivity index (χ1) is 7.40. The van der Waals surface area contributed by atoms with Gasteiger partial charge in [-0.15, -0.1) is 0 Å². The molecule has 88 valence electrons. The third kappa shape index (κ3) is 3.71. The van der Waals surface area contributed by atoms with Crippen LogP contribution in [-0.4, -0.2) is 17.7 Å². The summed E-state index contributed by atoms with van der Waals surface area (Å²) in [4.78, 5) is 10.5. The first-order valence-electron chi connectivity index (χ1n) is 4.04. The molecule has 0 spiro atoms. The zero-order valence-corrected chi connectivity index (χ0v) is 10.9. The van der Waals surface area contributed by atoms with Crippen LogP contribution in [0.15, 0.2) is 21.1 Å². The Labute approximate surface area is 107 Å². The Morgan fingerprint density at radius 3 is 2.56 bits per heavy atom. The lowest BCUT2D eigenvalue weighted by atomic mass is 10.1. The second-order valence-electron chi connectivity index (χ2n) is 2.83. The third-order valence-electron chi connectivity index (χ3n) is 1.64. The van der Waals surface area contributed by atoms with Crippen molar-refractivity contribution in [1.29, 1.82) is 0 Å². The van der Waals surface area contributed by atoms with Crippen molar-refractivity contribution in [1.82, 2.24) is 0 Å². The molecule has 16 heavy (non-hydrogen) atoms. The highest BCUT2D eigenvalue weighted by atomic mass is 79.9. The first kappa shape index (κ1) is 13.4. The van der Waals surface area contributed by atoms with Gasteiger partial charge in [0.1, 0.15) is 5.75 Å². The molecule has 0 radical (unpaired) electrons. The lowest BCUT2D eigenvalue weighted by molar-refractivity contribution is -0.136. The number of carboxylic acid groups (broad SMARTS) is 1. The lowest BCUT2D eigenvalue weighted by Crippen LogP contribution is -2.06. The van der Waals surface area contributed by atoms with E-state index in [9.17, 15) is 13.6 Å². The van der Waals surface area contributed by atoms with Gasteiger partial charge in [-0.3, -0.25) is 4.79 Å². The second kappa shape index (κ2) is 5.58. The van der Waals surface area contributed by atoms with Crippen molar-refractivity contribution < 1.29 is 23.4 Å². The van der Waals surface area contributed by atoms with Gasteiger partial charge in [0, 0.05) is 4.47 Å². The second-order valence-corrected chi connectivity index (χ2v) is 4.53. The van der Waals surface area contributed by atoms with E-state index in [2.05, 4.69) is 36.6 Å². The van der Waals surface area contributed by atoms with E-state index in [0.29, 0.717) is 10.0 Å². The van der Waals surface area contributed by atoms with E-state index in [0.717, 1.165) is 0 Å². The highest BCUT2D eigenvalue weighted by Gasteiger charge is 2.14. The van der Waals surface area contributed by atoms with E-state index in [1.165, 1.54) is 12.1 Å². The Kier molecular flexibility index (Phi) is 4.67. The molecule has 0 fully saturated rings. The number of carboxylic acids is 1. The van der Waals surface area contributed by atoms with Gasteiger partial charge in [0.05, 0.1) is 10.9 Å². The van der Waals surface area contributed by atoms with Gasteiger partial charge in [-0.1, -0.05) is 15.9 Å². The van der Waals surface area contributed by atoms with Crippen molar-refractivity contribution in [2.45, 2.75) is 13.0 Å². The summed E-state index contributed by atoms with van der Waals surface area (Å²) in [5.74, 6) is -1.15. The van der Waals surface area contributed by atoms with Gasteiger partial charge in [0.2, 0.25) is 0 Å². The van der Waals surface area contributed by atoms with Crippen molar-refractivity contribution >= 4 is 37.8 Å². The van der Waals surface area contributed by atoms with E-state index in [-0.39, 0.29) is 16.6 Å². The molecule has 0 saturated carbocycles. The summed E-state index contributed by atoms with van der Waals surface area (Å²) in [6.45, 7) is -2.96. The van der Waals surface area contributed by atoms with Gasteiger partial charge in [0.25, 0.3) is 0 Å². The molecule has 0 aliphatic carbocycles. The van der Waals surface area contributed by atoms with Gasteiger partial charge in [-0.2, -0.15) is 8.78 Å². The Morgan fingerprint density at radius 1 is 1.44 bits per heavy atom. The standard InChI is InChI=1S/C9H6Br2F2O3/c10-5-1-4(2-7(14)15)8(11)6(3-5)16-9(12)13/h1,3,9H,2H2,(H,14,15). The van der Waals surface area contributed by atoms with Crippen molar-refractivity contribution in [3.63, 3.8) is 0 Å². The fourth-order valence-electron chi connectivity index (χ4n) is 1.09. The Bertz CT molecular complexity index is 410. The molecular formula is C9H6Br2F2O3. The van der Waals surface area contributed by atoms with Gasteiger partial charge in [-0.05, 0) is 33.6 Å². The summed E-state index contributed by atoms with van der Waals surface area (Å²) in [6.07, 6.45) is -0.278. The van der Waals surface area contributed by atoms with Crippen molar-refractivity contribution in [3.8, 4) is 5.75 Å². The van der Waals surface area contributed by atoms with Crippen LogP contribution in [0.3, 0.4) is 0 Å². The predicted octanol–water partition coefficient (Wildman–Crippen LogP) is 3.44. The fourth-order valence-corrected chi connectivity index (χ4v) is 2.04. The van der Waals surface area contributed by atoms with Gasteiger partial charge in [0.15, 0.2) is 0 Å².